The number of likely N-dealkylation sites (N-methyl/N-ethyl adjacent to an activating group) is 1. The van der Waals surface area contributed by atoms with Crippen LogP contribution >= 0.6 is 0 Å². The lowest BCUT2D eigenvalue weighted by Gasteiger charge is -2.26. The lowest BCUT2D eigenvalue weighted by Crippen LogP contribution is -2.48. The first-order chi connectivity index (χ1) is 7.41. The number of carbonyl (C=O) groups is 1. The molecule has 0 aliphatic heterocycles. The highest BCUT2D eigenvalue weighted by molar-refractivity contribution is 5.85. The number of carbonyl (C=O) groups excluding carboxylic acids is 1. The van der Waals surface area contributed by atoms with Crippen LogP contribution in [0, 0.1) is 0 Å². The van der Waals surface area contributed by atoms with Crippen molar-refractivity contribution in [2.75, 3.05) is 26.0 Å². The Labute approximate surface area is 96.4 Å². The third-order valence-electron chi connectivity index (χ3n) is 2.95. The molecule has 1 amide bonds. The summed E-state index contributed by atoms with van der Waals surface area (Å²) in [6, 6.07) is 7.76. The van der Waals surface area contributed by atoms with Crippen molar-refractivity contribution >= 4 is 11.6 Å². The zero-order valence-corrected chi connectivity index (χ0v) is 10.2. The number of primary amides is 1. The number of nitrogens with one attached hydrogen (secondary N) is 1. The van der Waals surface area contributed by atoms with Crippen LogP contribution in [0.2, 0.25) is 0 Å². The fourth-order valence-corrected chi connectivity index (χ4v) is 1.50. The van der Waals surface area contributed by atoms with Crippen LogP contribution in [0.1, 0.15) is 12.5 Å². The Morgan fingerprint density at radius 3 is 2.12 bits per heavy atom. The smallest absolute Gasteiger partial charge is 0.242 e. The fourth-order valence-electron chi connectivity index (χ4n) is 1.50. The molecule has 0 heterocycles. The molecule has 0 spiro atoms. The Morgan fingerprint density at radius 1 is 1.31 bits per heavy atom. The molecule has 0 radical (unpaired) electrons. The van der Waals surface area contributed by atoms with Gasteiger partial charge in [0.2, 0.25) is 5.91 Å². The van der Waals surface area contributed by atoms with Gasteiger partial charge in [0, 0.05) is 19.8 Å². The first kappa shape index (κ1) is 12.5. The summed E-state index contributed by atoms with van der Waals surface area (Å²) in [4.78, 5) is 13.4. The summed E-state index contributed by atoms with van der Waals surface area (Å²) in [5.41, 5.74) is 6.54. The van der Waals surface area contributed by atoms with E-state index in [0.29, 0.717) is 0 Å². The van der Waals surface area contributed by atoms with Gasteiger partial charge < -0.3 is 16.0 Å². The van der Waals surface area contributed by atoms with E-state index in [2.05, 4.69) is 5.32 Å². The molecule has 1 rings (SSSR count). The maximum Gasteiger partial charge on any atom is 0.242 e. The second-order valence-electron chi connectivity index (χ2n) is 4.18. The van der Waals surface area contributed by atoms with Gasteiger partial charge in [0.1, 0.15) is 5.54 Å². The third kappa shape index (κ3) is 2.17. The maximum absolute atomic E-state index is 11.4. The van der Waals surface area contributed by atoms with Gasteiger partial charge in [-0.05, 0) is 31.7 Å². The molecule has 1 aromatic carbocycles. The van der Waals surface area contributed by atoms with Gasteiger partial charge in [-0.25, -0.2) is 0 Å². The van der Waals surface area contributed by atoms with E-state index in [4.69, 9.17) is 5.73 Å². The molecule has 1 unspecified atom stereocenters. The minimum atomic E-state index is -0.815. The van der Waals surface area contributed by atoms with Crippen molar-refractivity contribution in [3.63, 3.8) is 0 Å². The molecule has 88 valence electrons. The predicted molar refractivity (Wildman–Crippen MR) is 66.4 cm³/mol. The normalized spacial score (nSPS) is 14.2. The van der Waals surface area contributed by atoms with Crippen molar-refractivity contribution in [1.29, 1.82) is 0 Å². The Hall–Kier alpha value is -1.55. The summed E-state index contributed by atoms with van der Waals surface area (Å²) < 4.78 is 0. The molecule has 0 fully saturated rings. The van der Waals surface area contributed by atoms with Crippen LogP contribution in [-0.2, 0) is 10.3 Å². The number of rotatable bonds is 4. The van der Waals surface area contributed by atoms with Crippen LogP contribution in [0.4, 0.5) is 5.69 Å². The van der Waals surface area contributed by atoms with Crippen molar-refractivity contribution in [2.24, 2.45) is 5.73 Å². The Bertz CT molecular complexity index is 372. The molecular weight excluding hydrogens is 202 g/mol. The van der Waals surface area contributed by atoms with E-state index in [1.54, 1.807) is 14.0 Å². The predicted octanol–water partition coefficient (Wildman–Crippen LogP) is 0.672. The molecule has 0 aliphatic rings. The first-order valence-electron chi connectivity index (χ1n) is 5.18. The van der Waals surface area contributed by atoms with Crippen LogP contribution in [0.15, 0.2) is 24.3 Å². The number of amides is 1. The Morgan fingerprint density at radius 2 is 1.81 bits per heavy atom. The topological polar surface area (TPSA) is 58.4 Å². The second kappa shape index (κ2) is 4.53. The first-order valence-corrected chi connectivity index (χ1v) is 5.18. The zero-order chi connectivity index (χ0) is 12.3. The summed E-state index contributed by atoms with van der Waals surface area (Å²) in [6.07, 6.45) is 0. The molecule has 16 heavy (non-hydrogen) atoms. The quantitative estimate of drug-likeness (QED) is 0.785. The van der Waals surface area contributed by atoms with Gasteiger partial charge in [-0.2, -0.15) is 0 Å². The van der Waals surface area contributed by atoms with Crippen molar-refractivity contribution in [3.8, 4) is 0 Å². The largest absolute Gasteiger partial charge is 0.378 e. The van der Waals surface area contributed by atoms with Gasteiger partial charge in [-0.15, -0.1) is 0 Å². The molecule has 0 bridgehead atoms. The molecule has 1 aromatic rings. The van der Waals surface area contributed by atoms with Gasteiger partial charge in [0.25, 0.3) is 0 Å². The van der Waals surface area contributed by atoms with Crippen LogP contribution in [0.25, 0.3) is 0 Å². The average molecular weight is 221 g/mol. The van der Waals surface area contributed by atoms with E-state index in [1.807, 2.05) is 43.3 Å². The number of benzene rings is 1. The molecule has 0 aromatic heterocycles. The standard InChI is InChI=1S/C12H19N3O/c1-12(14-2,11(13)16)9-5-7-10(8-6-9)15(3)4/h5-8,14H,1-4H3,(H2,13,16). The number of anilines is 1. The van der Waals surface area contributed by atoms with E-state index in [-0.39, 0.29) is 5.91 Å². The summed E-state index contributed by atoms with van der Waals surface area (Å²) in [5, 5.41) is 2.95. The summed E-state index contributed by atoms with van der Waals surface area (Å²) in [7, 11) is 5.67. The molecule has 4 nitrogen and oxygen atoms in total. The highest BCUT2D eigenvalue weighted by Crippen LogP contribution is 2.22. The third-order valence-corrected chi connectivity index (χ3v) is 2.95. The minimum Gasteiger partial charge on any atom is -0.378 e. The Kier molecular flexibility index (Phi) is 3.55. The van der Waals surface area contributed by atoms with Crippen molar-refractivity contribution in [3.05, 3.63) is 29.8 Å². The van der Waals surface area contributed by atoms with Crippen LogP contribution in [0.5, 0.6) is 0 Å². The molecule has 3 N–H and O–H groups in total. The monoisotopic (exact) mass is 221 g/mol. The highest BCUT2D eigenvalue weighted by atomic mass is 16.1. The summed E-state index contributed by atoms with van der Waals surface area (Å²) >= 11 is 0. The Balaban J connectivity index is 3.09. The van der Waals surface area contributed by atoms with Crippen molar-refractivity contribution < 1.29 is 4.79 Å². The summed E-state index contributed by atoms with van der Waals surface area (Å²) in [6.45, 7) is 1.78. The highest BCUT2D eigenvalue weighted by Gasteiger charge is 2.30. The zero-order valence-electron chi connectivity index (χ0n) is 10.2. The fraction of sp³-hybridized carbons (Fsp3) is 0.417. The van der Waals surface area contributed by atoms with Crippen LogP contribution in [0.3, 0.4) is 0 Å². The number of nitrogens with two attached hydrogens (primary N) is 1. The van der Waals surface area contributed by atoms with Gasteiger partial charge in [0.15, 0.2) is 0 Å². The minimum absolute atomic E-state index is 0.382. The van der Waals surface area contributed by atoms with Gasteiger partial charge in [-0.3, -0.25) is 4.79 Å². The van der Waals surface area contributed by atoms with Crippen LogP contribution in [-0.4, -0.2) is 27.1 Å². The molecular formula is C12H19N3O. The van der Waals surface area contributed by atoms with E-state index in [9.17, 15) is 4.79 Å². The number of hydrogen-bond donors (Lipinski definition) is 2. The van der Waals surface area contributed by atoms with E-state index in [0.717, 1.165) is 11.3 Å². The van der Waals surface area contributed by atoms with Gasteiger partial charge >= 0.3 is 0 Å². The lowest BCUT2D eigenvalue weighted by atomic mass is 9.91. The molecule has 1 atom stereocenters. The maximum atomic E-state index is 11.4. The van der Waals surface area contributed by atoms with Crippen molar-refractivity contribution in [1.82, 2.24) is 5.32 Å². The van der Waals surface area contributed by atoms with E-state index < -0.39 is 5.54 Å². The lowest BCUT2D eigenvalue weighted by molar-refractivity contribution is -0.123. The van der Waals surface area contributed by atoms with Crippen molar-refractivity contribution in [2.45, 2.75) is 12.5 Å². The van der Waals surface area contributed by atoms with Gasteiger partial charge in [-0.1, -0.05) is 12.1 Å². The van der Waals surface area contributed by atoms with Crippen LogP contribution < -0.4 is 16.0 Å². The molecule has 4 heteroatoms. The van der Waals surface area contributed by atoms with E-state index in [1.165, 1.54) is 0 Å². The molecule has 0 saturated heterocycles. The molecule has 0 aliphatic carbocycles. The molecule has 0 saturated carbocycles. The van der Waals surface area contributed by atoms with Gasteiger partial charge in [0.05, 0.1) is 0 Å². The SMILES string of the molecule is CNC(C)(C(N)=O)c1ccc(N(C)C)cc1. The average Bonchev–Trinajstić information content (AvgIpc) is 2.27. The number of hydrogen-bond acceptors (Lipinski definition) is 3. The second-order valence-corrected chi connectivity index (χ2v) is 4.18. The summed E-state index contributed by atoms with van der Waals surface area (Å²) in [5.74, 6) is -0.382. The number of nitrogens with zero attached hydrogens (tertiary/aromatic N) is 1. The van der Waals surface area contributed by atoms with E-state index >= 15 is 0 Å².